The smallest absolute Gasteiger partial charge is 0.234 e. The van der Waals surface area contributed by atoms with E-state index in [0.29, 0.717) is 36.4 Å². The van der Waals surface area contributed by atoms with Crippen LogP contribution in [-0.4, -0.2) is 61.5 Å². The van der Waals surface area contributed by atoms with Gasteiger partial charge in [0.05, 0.1) is 29.0 Å². The van der Waals surface area contributed by atoms with Gasteiger partial charge in [-0.15, -0.1) is 10.2 Å². The number of anilines is 1. The summed E-state index contributed by atoms with van der Waals surface area (Å²) in [4.78, 5) is 8.52. The second-order valence-corrected chi connectivity index (χ2v) is 9.21. The first-order chi connectivity index (χ1) is 14.2. The lowest BCUT2D eigenvalue weighted by atomic mass is 10.0. The van der Waals surface area contributed by atoms with Crippen molar-refractivity contribution in [2.45, 2.75) is 63.5 Å². The molecule has 30 heavy (non-hydrogen) atoms. The Morgan fingerprint density at radius 1 is 1.27 bits per heavy atom. The lowest BCUT2D eigenvalue weighted by Gasteiger charge is -2.21. The van der Waals surface area contributed by atoms with E-state index < -0.39 is 5.60 Å². The minimum Gasteiger partial charge on any atom is -0.390 e. The summed E-state index contributed by atoms with van der Waals surface area (Å²) in [6.07, 6.45) is 5.03. The van der Waals surface area contributed by atoms with Gasteiger partial charge in [0, 0.05) is 33.0 Å². The molecule has 168 valence electrons. The quantitative estimate of drug-likeness (QED) is 0.437. The van der Waals surface area contributed by atoms with Crippen LogP contribution in [0.4, 0.5) is 5.95 Å². The van der Waals surface area contributed by atoms with Gasteiger partial charge in [0.25, 0.3) is 0 Å². The number of rotatable bonds is 13. The Kier molecular flexibility index (Phi) is 9.76. The number of ether oxygens (including phenoxy) is 2. The highest BCUT2D eigenvalue weighted by atomic mass is 35.5. The van der Waals surface area contributed by atoms with E-state index in [1.807, 2.05) is 25.3 Å². The Bertz CT molecular complexity index is 769. The van der Waals surface area contributed by atoms with Gasteiger partial charge in [-0.05, 0) is 45.6 Å². The van der Waals surface area contributed by atoms with Crippen LogP contribution < -0.4 is 4.72 Å². The Hall–Kier alpha value is -1.46. The van der Waals surface area contributed by atoms with Crippen molar-refractivity contribution < 1.29 is 14.6 Å². The van der Waals surface area contributed by atoms with Crippen LogP contribution in [0.15, 0.2) is 12.4 Å². The molecule has 0 radical (unpaired) electrons. The van der Waals surface area contributed by atoms with Gasteiger partial charge in [-0.1, -0.05) is 11.6 Å². The highest BCUT2D eigenvalue weighted by molar-refractivity contribution is 8.01. The predicted molar refractivity (Wildman–Crippen MR) is 119 cm³/mol. The normalized spacial score (nSPS) is 14.0. The monoisotopic (exact) mass is 458 g/mol. The molecule has 0 spiro atoms. The van der Waals surface area contributed by atoms with Crippen LogP contribution in [-0.2, 0) is 22.4 Å². The summed E-state index contributed by atoms with van der Waals surface area (Å²) >= 11 is 7.34. The summed E-state index contributed by atoms with van der Waals surface area (Å²) in [7, 11) is 3.29. The fourth-order valence-electron chi connectivity index (χ4n) is 2.88. The molecule has 2 heterocycles. The molecule has 0 saturated carbocycles. The molecular weight excluding hydrogens is 428 g/mol. The molecule has 2 aromatic rings. The van der Waals surface area contributed by atoms with Crippen LogP contribution in [0.3, 0.4) is 0 Å². The molecule has 2 unspecified atom stereocenters. The molecule has 0 saturated heterocycles. The molecule has 0 bridgehead atoms. The van der Waals surface area contributed by atoms with Crippen molar-refractivity contribution in [3.05, 3.63) is 29.1 Å². The van der Waals surface area contributed by atoms with E-state index in [0.717, 1.165) is 18.7 Å². The first-order valence-electron chi connectivity index (χ1n) is 9.80. The first-order valence-corrected chi connectivity index (χ1v) is 11.1. The van der Waals surface area contributed by atoms with Crippen molar-refractivity contribution in [3.63, 3.8) is 0 Å². The standard InChI is InChI=1S/C19H31ClN6O3S/c1-13(16(29-5)17-21-11-14(20)12-22-17)30-25-18-24-23-15(26(18)9-10-28-4)7-6-8-19(2,3)27/h11-13,16,27H,6-10H2,1-5H3,(H,24,25). The van der Waals surface area contributed by atoms with Crippen molar-refractivity contribution in [3.8, 4) is 0 Å². The SMILES string of the molecule is COCCn1c(CCCC(C)(C)O)nnc1NSC(C)C(OC)c1ncc(Cl)cn1. The van der Waals surface area contributed by atoms with Gasteiger partial charge in [-0.3, -0.25) is 9.29 Å². The number of aliphatic hydroxyl groups is 1. The molecule has 0 aliphatic rings. The van der Waals surface area contributed by atoms with Crippen molar-refractivity contribution >= 4 is 29.5 Å². The van der Waals surface area contributed by atoms with E-state index in [9.17, 15) is 5.11 Å². The molecule has 9 nitrogen and oxygen atoms in total. The van der Waals surface area contributed by atoms with Crippen LogP contribution in [0, 0.1) is 0 Å². The summed E-state index contributed by atoms with van der Waals surface area (Å²) in [6.45, 7) is 6.82. The number of aryl methyl sites for hydroxylation is 1. The third-order valence-corrected chi connectivity index (χ3v) is 5.56. The van der Waals surface area contributed by atoms with Crippen molar-refractivity contribution in [2.24, 2.45) is 0 Å². The van der Waals surface area contributed by atoms with E-state index in [1.165, 1.54) is 11.9 Å². The van der Waals surface area contributed by atoms with Gasteiger partial charge < -0.3 is 14.6 Å². The molecule has 0 aliphatic carbocycles. The van der Waals surface area contributed by atoms with E-state index >= 15 is 0 Å². The second-order valence-electron chi connectivity index (χ2n) is 7.59. The lowest BCUT2D eigenvalue weighted by Crippen LogP contribution is -2.20. The number of methoxy groups -OCH3 is 2. The number of hydrogen-bond donors (Lipinski definition) is 2. The number of hydrogen-bond acceptors (Lipinski definition) is 9. The zero-order chi connectivity index (χ0) is 22.1. The highest BCUT2D eigenvalue weighted by Crippen LogP contribution is 2.28. The summed E-state index contributed by atoms with van der Waals surface area (Å²) in [5, 5.41) is 19.0. The van der Waals surface area contributed by atoms with Crippen LogP contribution in [0.2, 0.25) is 5.02 Å². The summed E-state index contributed by atoms with van der Waals surface area (Å²) < 4.78 is 16.1. The predicted octanol–water partition coefficient (Wildman–Crippen LogP) is 3.30. The number of aromatic nitrogens is 5. The maximum atomic E-state index is 9.93. The van der Waals surface area contributed by atoms with Gasteiger partial charge in [-0.2, -0.15) is 0 Å². The van der Waals surface area contributed by atoms with Crippen molar-refractivity contribution in [1.82, 2.24) is 24.7 Å². The molecule has 2 rings (SSSR count). The molecule has 11 heteroatoms. The summed E-state index contributed by atoms with van der Waals surface area (Å²) in [5.74, 6) is 2.07. The third kappa shape index (κ3) is 7.66. The Balaban J connectivity index is 2.04. The molecule has 0 aromatic carbocycles. The maximum absolute atomic E-state index is 9.93. The van der Waals surface area contributed by atoms with Crippen LogP contribution >= 0.6 is 23.5 Å². The zero-order valence-corrected chi connectivity index (χ0v) is 19.7. The molecule has 0 fully saturated rings. The van der Waals surface area contributed by atoms with Crippen molar-refractivity contribution in [1.29, 1.82) is 0 Å². The van der Waals surface area contributed by atoms with Gasteiger partial charge in [0.2, 0.25) is 5.95 Å². The topological polar surface area (TPSA) is 107 Å². The molecule has 2 atom stereocenters. The summed E-state index contributed by atoms with van der Waals surface area (Å²) in [6, 6.07) is 0. The fourth-order valence-corrected chi connectivity index (χ4v) is 3.77. The zero-order valence-electron chi connectivity index (χ0n) is 18.1. The average molecular weight is 459 g/mol. The van der Waals surface area contributed by atoms with Gasteiger partial charge in [-0.25, -0.2) is 9.97 Å². The average Bonchev–Trinajstić information content (AvgIpc) is 3.07. The Labute approximate surface area is 187 Å². The molecule has 2 aromatic heterocycles. The second kappa shape index (κ2) is 11.8. The van der Waals surface area contributed by atoms with E-state index in [-0.39, 0.29) is 11.4 Å². The molecule has 0 aliphatic heterocycles. The Morgan fingerprint density at radius 2 is 1.97 bits per heavy atom. The molecular formula is C19H31ClN6O3S. The van der Waals surface area contributed by atoms with Crippen LogP contribution in [0.1, 0.15) is 51.4 Å². The van der Waals surface area contributed by atoms with E-state index in [4.69, 9.17) is 21.1 Å². The first kappa shape index (κ1) is 24.8. The fraction of sp³-hybridized carbons (Fsp3) is 0.684. The van der Waals surface area contributed by atoms with Gasteiger partial charge in [0.1, 0.15) is 11.9 Å². The number of nitrogens with one attached hydrogen (secondary N) is 1. The molecule has 0 amide bonds. The third-order valence-electron chi connectivity index (χ3n) is 4.45. The number of halogens is 1. The highest BCUT2D eigenvalue weighted by Gasteiger charge is 2.24. The Morgan fingerprint density at radius 3 is 2.57 bits per heavy atom. The number of nitrogens with zero attached hydrogens (tertiary/aromatic N) is 5. The minimum atomic E-state index is -0.692. The van der Waals surface area contributed by atoms with Gasteiger partial charge in [0.15, 0.2) is 5.82 Å². The van der Waals surface area contributed by atoms with Crippen LogP contribution in [0.5, 0.6) is 0 Å². The van der Waals surface area contributed by atoms with E-state index in [2.05, 4.69) is 24.9 Å². The lowest BCUT2D eigenvalue weighted by molar-refractivity contribution is 0.0687. The molecule has 2 N–H and O–H groups in total. The van der Waals surface area contributed by atoms with Gasteiger partial charge >= 0.3 is 0 Å². The minimum absolute atomic E-state index is 0.0117. The van der Waals surface area contributed by atoms with Crippen LogP contribution in [0.25, 0.3) is 0 Å². The maximum Gasteiger partial charge on any atom is 0.234 e. The van der Waals surface area contributed by atoms with Crippen molar-refractivity contribution in [2.75, 3.05) is 25.5 Å². The summed E-state index contributed by atoms with van der Waals surface area (Å²) in [5.41, 5.74) is -0.692. The largest absolute Gasteiger partial charge is 0.390 e. The van der Waals surface area contributed by atoms with E-state index in [1.54, 1.807) is 26.6 Å².